The number of hydrogen-bond donors (Lipinski definition) is 2. The number of aromatic hydroxyl groups is 1. The number of alkyl halides is 2. The molecule has 0 radical (unpaired) electrons. The molecule has 2 N–H and O–H groups in total. The van der Waals surface area contributed by atoms with Crippen molar-refractivity contribution < 1.29 is 27.9 Å². The Kier molecular flexibility index (Phi) is 5.03. The zero-order chi connectivity index (χ0) is 22.5. The zero-order valence-electron chi connectivity index (χ0n) is 16.6. The molecule has 2 bridgehead atoms. The van der Waals surface area contributed by atoms with Crippen LogP contribution in [0.25, 0.3) is 0 Å². The van der Waals surface area contributed by atoms with E-state index in [1.807, 2.05) is 0 Å². The summed E-state index contributed by atoms with van der Waals surface area (Å²) in [6, 6.07) is 3.86. The quantitative estimate of drug-likeness (QED) is 0.775. The van der Waals surface area contributed by atoms with Crippen molar-refractivity contribution in [3.8, 4) is 5.75 Å². The molecule has 7 nitrogen and oxygen atoms in total. The van der Waals surface area contributed by atoms with Gasteiger partial charge in [0.2, 0.25) is 5.43 Å². The maximum Gasteiger partial charge on any atom is 0.274 e. The van der Waals surface area contributed by atoms with E-state index in [1.165, 1.54) is 16.7 Å². The molecule has 2 aliphatic heterocycles. The topological polar surface area (TPSA) is 91.6 Å². The fourth-order valence-corrected chi connectivity index (χ4v) is 4.03. The normalized spacial score (nSPS) is 19.5. The molecule has 2 aromatic rings. The first-order chi connectivity index (χ1) is 14.6. The first kappa shape index (κ1) is 21.0. The summed E-state index contributed by atoms with van der Waals surface area (Å²) in [4.78, 5) is 38.7. The summed E-state index contributed by atoms with van der Waals surface area (Å²) in [7, 11) is 0. The van der Waals surface area contributed by atoms with Crippen LogP contribution in [0.5, 0.6) is 5.75 Å². The highest BCUT2D eigenvalue weighted by molar-refractivity contribution is 5.99. The van der Waals surface area contributed by atoms with Gasteiger partial charge < -0.3 is 19.9 Å². The summed E-state index contributed by atoms with van der Waals surface area (Å²) in [6.45, 7) is 0.711. The molecule has 0 aliphatic carbocycles. The molecule has 1 saturated heterocycles. The largest absolute Gasteiger partial charge is 0.503 e. The third-order valence-electron chi connectivity index (χ3n) is 5.68. The molecular weight excluding hydrogens is 415 g/mol. The van der Waals surface area contributed by atoms with E-state index in [0.29, 0.717) is 5.56 Å². The van der Waals surface area contributed by atoms with Crippen molar-refractivity contribution in [2.45, 2.75) is 38.3 Å². The van der Waals surface area contributed by atoms with Gasteiger partial charge in [-0.1, -0.05) is 12.1 Å². The maximum atomic E-state index is 14.0. The van der Waals surface area contributed by atoms with Crippen molar-refractivity contribution in [2.24, 2.45) is 0 Å². The number of rotatable bonds is 3. The molecule has 0 unspecified atom stereocenters. The van der Waals surface area contributed by atoms with Gasteiger partial charge in [0, 0.05) is 31.3 Å². The summed E-state index contributed by atoms with van der Waals surface area (Å²) >= 11 is 0. The fraction of sp³-hybridized carbons (Fsp3) is 0.381. The number of nitrogens with zero attached hydrogens (tertiary/aromatic N) is 2. The minimum Gasteiger partial charge on any atom is -0.503 e. The summed E-state index contributed by atoms with van der Waals surface area (Å²) in [5, 5.41) is 12.8. The van der Waals surface area contributed by atoms with Crippen molar-refractivity contribution in [1.82, 2.24) is 14.8 Å². The van der Waals surface area contributed by atoms with Crippen LogP contribution in [0.1, 0.15) is 50.9 Å². The van der Waals surface area contributed by atoms with Gasteiger partial charge in [-0.05, 0) is 25.0 Å². The molecule has 10 heteroatoms. The van der Waals surface area contributed by atoms with E-state index < -0.39 is 65.0 Å². The number of amides is 2. The Morgan fingerprint density at radius 3 is 2.77 bits per heavy atom. The predicted octanol–water partition coefficient (Wildman–Crippen LogP) is 2.36. The Balaban J connectivity index is 1.66. The van der Waals surface area contributed by atoms with E-state index >= 15 is 0 Å². The number of pyridine rings is 1. The smallest absolute Gasteiger partial charge is 0.274 e. The van der Waals surface area contributed by atoms with Gasteiger partial charge in [-0.15, -0.1) is 0 Å². The number of hydrogen-bond acceptors (Lipinski definition) is 4. The third-order valence-corrected chi connectivity index (χ3v) is 5.68. The van der Waals surface area contributed by atoms with Gasteiger partial charge in [0.05, 0.1) is 12.6 Å². The number of aryl methyl sites for hydroxylation is 1. The minimum atomic E-state index is -3.08. The number of fused-ring (bicyclic) bond motifs is 4. The van der Waals surface area contributed by atoms with Crippen LogP contribution in [0.15, 0.2) is 29.2 Å². The third kappa shape index (κ3) is 3.77. The molecule has 31 heavy (non-hydrogen) atoms. The van der Waals surface area contributed by atoms with E-state index in [4.69, 9.17) is 0 Å². The van der Waals surface area contributed by atoms with Crippen LogP contribution in [0, 0.1) is 12.7 Å². The van der Waals surface area contributed by atoms with E-state index in [0.717, 1.165) is 11.1 Å². The first-order valence-corrected chi connectivity index (χ1v) is 9.76. The monoisotopic (exact) mass is 435 g/mol. The highest BCUT2D eigenvalue weighted by atomic mass is 19.3. The number of aromatic nitrogens is 1. The van der Waals surface area contributed by atoms with Gasteiger partial charge in [-0.2, -0.15) is 0 Å². The van der Waals surface area contributed by atoms with E-state index in [-0.39, 0.29) is 25.1 Å². The van der Waals surface area contributed by atoms with Crippen LogP contribution in [0.4, 0.5) is 13.2 Å². The van der Waals surface area contributed by atoms with Crippen molar-refractivity contribution in [3.05, 3.63) is 62.8 Å². The van der Waals surface area contributed by atoms with Crippen molar-refractivity contribution >= 4 is 11.8 Å². The number of benzene rings is 1. The summed E-state index contributed by atoms with van der Waals surface area (Å²) in [6.07, 6.45) is 0.644. The van der Waals surface area contributed by atoms with E-state index in [9.17, 15) is 32.7 Å². The molecule has 2 aliphatic rings. The molecule has 3 heterocycles. The second kappa shape index (κ2) is 7.44. The molecular formula is C21H20F3N3O4. The number of carbonyl (C=O) groups is 2. The Morgan fingerprint density at radius 2 is 2.06 bits per heavy atom. The second-order valence-electron chi connectivity index (χ2n) is 7.99. The lowest BCUT2D eigenvalue weighted by molar-refractivity contribution is -0.0258. The number of halogens is 3. The average Bonchev–Trinajstić information content (AvgIpc) is 2.84. The second-order valence-corrected chi connectivity index (χ2v) is 7.99. The molecule has 1 aromatic heterocycles. The van der Waals surface area contributed by atoms with Crippen LogP contribution in [-0.2, 0) is 6.54 Å². The molecule has 2 amide bonds. The van der Waals surface area contributed by atoms with Crippen molar-refractivity contribution in [3.63, 3.8) is 0 Å². The Morgan fingerprint density at radius 1 is 1.32 bits per heavy atom. The molecule has 1 aromatic carbocycles. The van der Waals surface area contributed by atoms with Crippen LogP contribution >= 0.6 is 0 Å². The first-order valence-electron chi connectivity index (χ1n) is 9.76. The van der Waals surface area contributed by atoms with Gasteiger partial charge >= 0.3 is 0 Å². The Bertz CT molecular complexity index is 1150. The molecule has 164 valence electrons. The van der Waals surface area contributed by atoms with Crippen molar-refractivity contribution in [2.75, 3.05) is 13.1 Å². The number of nitrogens with one attached hydrogen (secondary N) is 1. The van der Waals surface area contributed by atoms with Crippen LogP contribution < -0.4 is 10.7 Å². The van der Waals surface area contributed by atoms with Gasteiger partial charge in [0.25, 0.3) is 17.7 Å². The maximum absolute atomic E-state index is 14.0. The zero-order valence-corrected chi connectivity index (χ0v) is 16.6. The van der Waals surface area contributed by atoms with Crippen LogP contribution in [0.3, 0.4) is 0 Å². The van der Waals surface area contributed by atoms with Gasteiger partial charge in [-0.3, -0.25) is 14.4 Å². The highest BCUT2D eigenvalue weighted by Gasteiger charge is 2.44. The predicted molar refractivity (Wildman–Crippen MR) is 104 cm³/mol. The van der Waals surface area contributed by atoms with E-state index in [1.54, 1.807) is 13.0 Å². The minimum absolute atomic E-state index is 0.00171. The van der Waals surface area contributed by atoms with Gasteiger partial charge in [0.15, 0.2) is 11.4 Å². The molecule has 0 spiro atoms. The molecule has 0 saturated carbocycles. The molecule has 1 atom stereocenters. The van der Waals surface area contributed by atoms with Gasteiger partial charge in [-0.25, -0.2) is 13.2 Å². The fourth-order valence-electron chi connectivity index (χ4n) is 4.03. The highest BCUT2D eigenvalue weighted by Crippen LogP contribution is 2.36. The van der Waals surface area contributed by atoms with Crippen LogP contribution in [0.2, 0.25) is 0 Å². The Hall–Kier alpha value is -3.30. The standard InChI is InChI=1S/C21H20F3N3O4/c1-11-2-3-12(15(22)6-11)7-25-19(30)14-9-27-13-4-5-21(23,24)10-26(8-13)20(31)16(27)18(29)17(14)28/h2-3,6,9,13,29H,4-5,7-8,10H2,1H3,(H,25,30)/t13-/m1/s1. The lowest BCUT2D eigenvalue weighted by Crippen LogP contribution is -2.46. The Labute approximate surface area is 175 Å². The van der Waals surface area contributed by atoms with E-state index in [2.05, 4.69) is 5.32 Å². The summed E-state index contributed by atoms with van der Waals surface area (Å²) < 4.78 is 43.2. The average molecular weight is 435 g/mol. The van der Waals surface area contributed by atoms with Crippen molar-refractivity contribution in [1.29, 1.82) is 0 Å². The lowest BCUT2D eigenvalue weighted by Gasteiger charge is -2.34. The summed E-state index contributed by atoms with van der Waals surface area (Å²) in [5.74, 6) is -6.32. The SMILES string of the molecule is Cc1ccc(CNC(=O)c2cn3c(c(O)c2=O)C(=O)N2C[C@H]3CCC(F)(F)C2)c(F)c1. The lowest BCUT2D eigenvalue weighted by atomic mass is 10.1. The van der Waals surface area contributed by atoms with Crippen LogP contribution in [-0.4, -0.2) is 45.4 Å². The number of carbonyl (C=O) groups excluding carboxylic acids is 2. The van der Waals surface area contributed by atoms with Gasteiger partial charge in [0.1, 0.15) is 11.4 Å². The molecule has 1 fully saturated rings. The molecule has 4 rings (SSSR count). The summed E-state index contributed by atoms with van der Waals surface area (Å²) in [5.41, 5.74) is -1.03.